The summed E-state index contributed by atoms with van der Waals surface area (Å²) in [7, 11) is 0.253. The van der Waals surface area contributed by atoms with Crippen molar-refractivity contribution in [1.29, 1.82) is 0 Å². The largest absolute Gasteiger partial charge is 0.261 e. The van der Waals surface area contributed by atoms with Crippen LogP contribution in [0.25, 0.3) is 0 Å². The second-order valence-corrected chi connectivity index (χ2v) is 7.22. The number of nitrogens with one attached hydrogen (secondary N) is 2. The van der Waals surface area contributed by atoms with Crippen molar-refractivity contribution in [3.8, 4) is 0 Å². The highest BCUT2D eigenvalue weighted by Gasteiger charge is 2.25. The van der Waals surface area contributed by atoms with Crippen LogP contribution in [0.2, 0.25) is 0 Å². The number of hydrogen-bond acceptors (Lipinski definition) is 4. The van der Waals surface area contributed by atoms with E-state index in [1.807, 2.05) is 0 Å². The first kappa shape index (κ1) is 15.8. The lowest BCUT2D eigenvalue weighted by Crippen LogP contribution is -2.50. The highest BCUT2D eigenvalue weighted by atomic mass is 32.2. The van der Waals surface area contributed by atoms with Crippen LogP contribution in [0.15, 0.2) is 0 Å². The van der Waals surface area contributed by atoms with Crippen LogP contribution in [-0.2, 0) is 10.0 Å². The van der Waals surface area contributed by atoms with Crippen LogP contribution in [0.1, 0.15) is 27.7 Å². The zero-order valence-electron chi connectivity index (χ0n) is 11.1. The molecule has 0 rings (SSSR count). The summed E-state index contributed by atoms with van der Waals surface area (Å²) in [6.45, 7) is 7.98. The number of likely N-dealkylation sites (N-methyl/N-ethyl adjacent to an activating group) is 1. The van der Waals surface area contributed by atoms with E-state index in [2.05, 4.69) is 24.7 Å². The molecule has 5 nitrogen and oxygen atoms in total. The maximum atomic E-state index is 11.9. The Balaban J connectivity index is 4.58. The lowest BCUT2D eigenvalue weighted by molar-refractivity contribution is 0.307. The van der Waals surface area contributed by atoms with Crippen LogP contribution in [0, 0.1) is 5.92 Å². The molecule has 0 aliphatic heterocycles. The summed E-state index contributed by atoms with van der Waals surface area (Å²) in [5, 5.41) is -0.375. The first-order chi connectivity index (χ1) is 7.23. The Hall–Kier alpha value is -0.170. The van der Waals surface area contributed by atoms with Gasteiger partial charge in [-0.05, 0) is 26.8 Å². The van der Waals surface area contributed by atoms with Crippen molar-refractivity contribution in [2.24, 2.45) is 5.92 Å². The molecule has 0 amide bonds. The smallest absolute Gasteiger partial charge is 0.216 e. The van der Waals surface area contributed by atoms with Gasteiger partial charge in [0.2, 0.25) is 10.0 Å². The molecule has 0 saturated carbocycles. The summed E-state index contributed by atoms with van der Waals surface area (Å²) in [5.41, 5.74) is 5.93. The molecule has 0 heterocycles. The van der Waals surface area contributed by atoms with Crippen LogP contribution in [0.5, 0.6) is 0 Å². The van der Waals surface area contributed by atoms with E-state index in [4.69, 9.17) is 0 Å². The number of sulfonamides is 1. The molecular weight excluding hydrogens is 226 g/mol. The third-order valence-corrected chi connectivity index (χ3v) is 4.83. The summed E-state index contributed by atoms with van der Waals surface area (Å²) in [5.74, 6) is 0.359. The molecule has 98 valence electrons. The SMILES string of the molecule is CNN[C@H](CN(C)S(=O)(=O)C(C)C)C(C)C. The Bertz CT molecular complexity index is 288. The Kier molecular flexibility index (Phi) is 6.47. The molecule has 0 fully saturated rings. The van der Waals surface area contributed by atoms with Crippen LogP contribution in [0.3, 0.4) is 0 Å². The summed E-state index contributed by atoms with van der Waals surface area (Å²) in [6.07, 6.45) is 0. The molecule has 1 atom stereocenters. The van der Waals surface area contributed by atoms with E-state index in [0.29, 0.717) is 12.5 Å². The number of hydrazine groups is 1. The molecule has 0 aliphatic rings. The van der Waals surface area contributed by atoms with Gasteiger partial charge in [0, 0.05) is 19.6 Å². The highest BCUT2D eigenvalue weighted by molar-refractivity contribution is 7.89. The first-order valence-electron chi connectivity index (χ1n) is 5.60. The second kappa shape index (κ2) is 6.54. The standard InChI is InChI=1S/C10H25N3O2S/c1-8(2)10(12-11-5)7-13(6)16(14,15)9(3)4/h8-12H,7H2,1-6H3/t10-/m1/s1. The minimum absolute atomic E-state index is 0.100. The third kappa shape index (κ3) is 4.37. The summed E-state index contributed by atoms with van der Waals surface area (Å²) < 4.78 is 25.2. The van der Waals surface area contributed by atoms with E-state index < -0.39 is 10.0 Å². The number of nitrogens with zero attached hydrogens (tertiary/aromatic N) is 1. The topological polar surface area (TPSA) is 61.4 Å². The van der Waals surface area contributed by atoms with Gasteiger partial charge in [0.05, 0.1) is 5.25 Å². The average Bonchev–Trinajstić information content (AvgIpc) is 2.16. The van der Waals surface area contributed by atoms with Crippen LogP contribution >= 0.6 is 0 Å². The van der Waals surface area contributed by atoms with Gasteiger partial charge in [-0.15, -0.1) is 0 Å². The van der Waals surface area contributed by atoms with Gasteiger partial charge in [0.25, 0.3) is 0 Å². The minimum atomic E-state index is -3.16. The van der Waals surface area contributed by atoms with Crippen molar-refractivity contribution in [2.45, 2.75) is 39.0 Å². The molecule has 16 heavy (non-hydrogen) atoms. The number of hydrogen-bond donors (Lipinski definition) is 2. The monoisotopic (exact) mass is 251 g/mol. The van der Waals surface area contributed by atoms with Crippen LogP contribution in [-0.4, -0.2) is 44.7 Å². The predicted octanol–water partition coefficient (Wildman–Crippen LogP) is 0.405. The lowest BCUT2D eigenvalue weighted by atomic mass is 10.1. The van der Waals surface area contributed by atoms with Gasteiger partial charge in [-0.3, -0.25) is 10.9 Å². The normalized spacial score (nSPS) is 15.1. The van der Waals surface area contributed by atoms with Gasteiger partial charge in [-0.25, -0.2) is 12.7 Å². The van der Waals surface area contributed by atoms with E-state index in [9.17, 15) is 8.42 Å². The van der Waals surface area contributed by atoms with Gasteiger partial charge in [0.1, 0.15) is 0 Å². The second-order valence-electron chi connectivity index (χ2n) is 4.62. The predicted molar refractivity (Wildman–Crippen MR) is 67.5 cm³/mol. The fourth-order valence-electron chi connectivity index (χ4n) is 1.35. The fraction of sp³-hybridized carbons (Fsp3) is 1.00. The highest BCUT2D eigenvalue weighted by Crippen LogP contribution is 2.09. The molecule has 6 heteroatoms. The van der Waals surface area contributed by atoms with Crippen molar-refractivity contribution in [2.75, 3.05) is 20.6 Å². The quantitative estimate of drug-likeness (QED) is 0.643. The van der Waals surface area contributed by atoms with Crippen molar-refractivity contribution in [3.05, 3.63) is 0 Å². The Morgan fingerprint density at radius 1 is 1.19 bits per heavy atom. The van der Waals surface area contributed by atoms with Crippen molar-refractivity contribution in [3.63, 3.8) is 0 Å². The Labute approximate surface area is 99.6 Å². The maximum absolute atomic E-state index is 11.9. The van der Waals surface area contributed by atoms with E-state index in [1.54, 1.807) is 27.9 Å². The van der Waals surface area contributed by atoms with E-state index in [1.165, 1.54) is 4.31 Å². The zero-order chi connectivity index (χ0) is 12.9. The van der Waals surface area contributed by atoms with Gasteiger partial charge >= 0.3 is 0 Å². The zero-order valence-corrected chi connectivity index (χ0v) is 11.9. The molecule has 2 N–H and O–H groups in total. The maximum Gasteiger partial charge on any atom is 0.216 e. The summed E-state index contributed by atoms with van der Waals surface area (Å²) in [4.78, 5) is 0. The van der Waals surface area contributed by atoms with Crippen molar-refractivity contribution >= 4 is 10.0 Å². The van der Waals surface area contributed by atoms with Crippen LogP contribution < -0.4 is 10.9 Å². The fourth-order valence-corrected chi connectivity index (χ4v) is 2.44. The van der Waals surface area contributed by atoms with E-state index in [0.717, 1.165) is 0 Å². The molecule has 0 saturated heterocycles. The minimum Gasteiger partial charge on any atom is -0.261 e. The molecule has 0 aromatic carbocycles. The third-order valence-electron chi connectivity index (χ3n) is 2.62. The van der Waals surface area contributed by atoms with Gasteiger partial charge < -0.3 is 0 Å². The number of rotatable bonds is 7. The van der Waals surface area contributed by atoms with Gasteiger partial charge in [0.15, 0.2) is 0 Å². The molecule has 0 unspecified atom stereocenters. The van der Waals surface area contributed by atoms with Gasteiger partial charge in [-0.1, -0.05) is 13.8 Å². The molecular formula is C10H25N3O2S. The Morgan fingerprint density at radius 3 is 2.00 bits per heavy atom. The first-order valence-corrected chi connectivity index (χ1v) is 7.11. The average molecular weight is 251 g/mol. The summed E-state index contributed by atoms with van der Waals surface area (Å²) in [6, 6.07) is 0.100. The molecule has 0 bridgehead atoms. The van der Waals surface area contributed by atoms with Crippen molar-refractivity contribution < 1.29 is 8.42 Å². The van der Waals surface area contributed by atoms with Crippen LogP contribution in [0.4, 0.5) is 0 Å². The van der Waals surface area contributed by atoms with Gasteiger partial charge in [-0.2, -0.15) is 0 Å². The molecule has 0 aliphatic carbocycles. The lowest BCUT2D eigenvalue weighted by Gasteiger charge is -2.28. The van der Waals surface area contributed by atoms with Crippen molar-refractivity contribution in [1.82, 2.24) is 15.2 Å². The van der Waals surface area contributed by atoms with E-state index >= 15 is 0 Å². The molecule has 0 aromatic rings. The molecule has 0 spiro atoms. The Morgan fingerprint density at radius 2 is 1.69 bits per heavy atom. The van der Waals surface area contributed by atoms with E-state index in [-0.39, 0.29) is 11.3 Å². The molecule has 0 aromatic heterocycles. The summed E-state index contributed by atoms with van der Waals surface area (Å²) >= 11 is 0. The molecule has 0 radical (unpaired) electrons.